The van der Waals surface area contributed by atoms with Crippen molar-refractivity contribution in [3.63, 3.8) is 0 Å². The van der Waals surface area contributed by atoms with Gasteiger partial charge in [-0.3, -0.25) is 9.78 Å². The molecule has 3 nitrogen and oxygen atoms in total. The van der Waals surface area contributed by atoms with Crippen LogP contribution in [0.1, 0.15) is 146 Å². The molecule has 1 aliphatic heterocycles. The van der Waals surface area contributed by atoms with E-state index >= 15 is 0 Å². The van der Waals surface area contributed by atoms with Gasteiger partial charge in [-0.1, -0.05) is 151 Å². The summed E-state index contributed by atoms with van der Waals surface area (Å²) in [7, 11) is 0. The van der Waals surface area contributed by atoms with Crippen molar-refractivity contribution in [2.75, 3.05) is 0 Å². The van der Waals surface area contributed by atoms with Crippen molar-refractivity contribution in [1.29, 1.82) is 0 Å². The molecular weight excluding hydrogens is 907 g/mol. The van der Waals surface area contributed by atoms with Crippen LogP contribution in [0, 0.1) is 33.1 Å². The molecule has 5 aromatic rings. The smallest absolute Gasteiger partial charge is 0.164 e. The summed E-state index contributed by atoms with van der Waals surface area (Å²) >= 11 is 1.94. The van der Waals surface area contributed by atoms with Gasteiger partial charge in [0.15, 0.2) is 5.78 Å². The second kappa shape index (κ2) is 17.9. The van der Waals surface area contributed by atoms with Crippen LogP contribution >= 0.6 is 11.8 Å². The van der Waals surface area contributed by atoms with E-state index in [1.807, 2.05) is 59.5 Å². The third kappa shape index (κ3) is 10.5. The molecule has 4 aromatic carbocycles. The van der Waals surface area contributed by atoms with Gasteiger partial charge in [-0.15, -0.1) is 29.3 Å². The molecule has 0 unspecified atom stereocenters. The zero-order valence-corrected chi connectivity index (χ0v) is 41.5. The number of fused-ring (bicyclic) bond motifs is 5. The predicted octanol–water partition coefficient (Wildman–Crippen LogP) is 15.9. The summed E-state index contributed by atoms with van der Waals surface area (Å²) in [5.41, 5.74) is 6.59. The van der Waals surface area contributed by atoms with E-state index in [1.54, 1.807) is 0 Å². The Morgan fingerprint density at radius 2 is 1.29 bits per heavy atom. The fourth-order valence-electron chi connectivity index (χ4n) is 8.11. The van der Waals surface area contributed by atoms with Crippen molar-refractivity contribution in [2.45, 2.75) is 159 Å². The van der Waals surface area contributed by atoms with Gasteiger partial charge in [0.05, 0.1) is 0 Å². The van der Waals surface area contributed by atoms with Gasteiger partial charge in [-0.2, -0.15) is 0 Å². The number of allylic oxidation sites excluding steroid dienone is 2. The van der Waals surface area contributed by atoms with Crippen LogP contribution in [0.4, 0.5) is 0 Å². The number of aromatic nitrogens is 1. The van der Waals surface area contributed by atoms with Gasteiger partial charge < -0.3 is 5.11 Å². The van der Waals surface area contributed by atoms with Crippen molar-refractivity contribution in [1.82, 2.24) is 4.98 Å². The van der Waals surface area contributed by atoms with Crippen molar-refractivity contribution in [2.24, 2.45) is 27.1 Å². The zero-order chi connectivity index (χ0) is 42.3. The SMILES string of the molecule is CC(C)(C)Cc1cc(CC(C)(C)C)c2cc3c4c(nccc4c2c1)-c1[c-]c2ccccc2c(CC(C)(C)C)c1S3.CCC(C)(CC)C(=O)/C=C(\O)C(C)(CC)CC.[Ir]. The van der Waals surface area contributed by atoms with Gasteiger partial charge in [0.25, 0.3) is 0 Å². The second-order valence-corrected chi connectivity index (χ2v) is 22.0. The van der Waals surface area contributed by atoms with Gasteiger partial charge in [0.1, 0.15) is 5.76 Å². The fraction of sp³-hybridized carbons (Fsp3) is 0.509. The first-order valence-corrected chi connectivity index (χ1v) is 22.3. The average Bonchev–Trinajstić information content (AvgIpc) is 3.13. The van der Waals surface area contributed by atoms with Crippen LogP contribution in [0.3, 0.4) is 0 Å². The Hall–Kier alpha value is -2.98. The number of ketones is 1. The van der Waals surface area contributed by atoms with Crippen LogP contribution in [-0.2, 0) is 44.2 Å². The molecule has 0 saturated carbocycles. The minimum atomic E-state index is -0.337. The molecule has 1 radical (unpaired) electrons. The monoisotopic (exact) mass is 977 g/mol. The molecule has 5 heteroatoms. The number of nitrogens with zero attached hydrogens (tertiary/aromatic N) is 1. The maximum atomic E-state index is 12.2. The summed E-state index contributed by atoms with van der Waals surface area (Å²) in [6.45, 7) is 33.2. The van der Waals surface area contributed by atoms with Crippen molar-refractivity contribution in [3.8, 4) is 11.3 Å². The van der Waals surface area contributed by atoms with Crippen LogP contribution in [0.2, 0.25) is 0 Å². The first kappa shape index (κ1) is 47.7. The van der Waals surface area contributed by atoms with Crippen LogP contribution in [0.25, 0.3) is 43.6 Å². The molecule has 6 rings (SSSR count). The summed E-state index contributed by atoms with van der Waals surface area (Å²) in [5.74, 6) is 0.286. The predicted molar refractivity (Wildman–Crippen MR) is 248 cm³/mol. The van der Waals surface area contributed by atoms with Crippen LogP contribution in [-0.4, -0.2) is 15.9 Å². The minimum absolute atomic E-state index is 0. The molecule has 0 aliphatic carbocycles. The van der Waals surface area contributed by atoms with Gasteiger partial charge in [-0.25, -0.2) is 0 Å². The third-order valence-corrected chi connectivity index (χ3v) is 13.5. The van der Waals surface area contributed by atoms with Gasteiger partial charge in [0, 0.05) is 53.8 Å². The molecule has 0 spiro atoms. The Kier molecular flexibility index (Phi) is 14.7. The molecule has 58 heavy (non-hydrogen) atoms. The molecule has 0 amide bonds. The van der Waals surface area contributed by atoms with Crippen LogP contribution in [0.5, 0.6) is 0 Å². The fourth-order valence-corrected chi connectivity index (χ4v) is 9.37. The molecule has 1 aliphatic rings. The number of aliphatic hydroxyl groups excluding tert-OH is 1. The normalized spacial score (nSPS) is 13.6. The molecule has 1 aromatic heterocycles. The van der Waals surface area contributed by atoms with E-state index in [4.69, 9.17) is 4.98 Å². The maximum Gasteiger partial charge on any atom is 0.164 e. The van der Waals surface area contributed by atoms with Crippen molar-refractivity contribution in [3.05, 3.63) is 89.3 Å². The summed E-state index contributed by atoms with van der Waals surface area (Å²) in [6.07, 6.45) is 9.91. The Morgan fingerprint density at radius 1 is 0.707 bits per heavy atom. The Balaban J connectivity index is 0.000000353. The number of hydrogen-bond donors (Lipinski definition) is 1. The van der Waals surface area contributed by atoms with Crippen LogP contribution < -0.4 is 0 Å². The van der Waals surface area contributed by atoms with Gasteiger partial charge in [-0.05, 0) is 111 Å². The number of aliphatic hydroxyl groups is 1. The van der Waals surface area contributed by atoms with Gasteiger partial charge in [0.2, 0.25) is 0 Å². The van der Waals surface area contributed by atoms with Crippen LogP contribution in [0.15, 0.2) is 76.4 Å². The first-order chi connectivity index (χ1) is 26.5. The molecule has 0 atom stereocenters. The van der Waals surface area contributed by atoms with E-state index in [1.165, 1.54) is 70.4 Å². The molecule has 1 N–H and O–H groups in total. The third-order valence-electron chi connectivity index (χ3n) is 12.3. The second-order valence-electron chi connectivity index (χ2n) is 20.9. The van der Waals surface area contributed by atoms with E-state index in [2.05, 4.69) is 117 Å². The summed E-state index contributed by atoms with van der Waals surface area (Å²) in [5, 5.41) is 18.0. The molecule has 0 saturated heterocycles. The Labute approximate surface area is 369 Å². The average molecular weight is 977 g/mol. The number of carbonyl (C=O) groups excluding carboxylic acids is 1. The summed E-state index contributed by atoms with van der Waals surface area (Å²) < 4.78 is 0. The topological polar surface area (TPSA) is 50.2 Å². The number of hydrogen-bond acceptors (Lipinski definition) is 4. The summed E-state index contributed by atoms with van der Waals surface area (Å²) in [4.78, 5) is 19.9. The van der Waals surface area contributed by atoms with E-state index in [0.717, 1.165) is 50.6 Å². The van der Waals surface area contributed by atoms with E-state index in [0.29, 0.717) is 0 Å². The molecule has 0 fully saturated rings. The minimum Gasteiger partial charge on any atom is -0.512 e. The largest absolute Gasteiger partial charge is 0.512 e. The van der Waals surface area contributed by atoms with E-state index < -0.39 is 0 Å². The molecule has 315 valence electrons. The molecular formula is C53H70IrNO2S-. The van der Waals surface area contributed by atoms with E-state index in [-0.39, 0.29) is 58.7 Å². The first-order valence-electron chi connectivity index (χ1n) is 21.4. The number of benzene rings is 4. The standard InChI is InChI=1S/C38H42NS.C15H28O2.Ir/c1-36(2,3)20-23-16-25(21-37(4,5)6)28-19-32-33-27(29(28)17-23)14-15-39-34(33)30-18-24-12-10-11-13-26(24)31(35(30)40-32)22-38(7,8)9;1-7-14(5,8-2)12(16)11-13(17)15(6,9-3)10-4;/h10-17,19H,20-22H2,1-9H3;11,16H,7-10H2,1-6H3;/q-1;;/b;12-11-;. The number of pyridine rings is 1. The van der Waals surface area contributed by atoms with Crippen molar-refractivity contribution < 1.29 is 30.0 Å². The van der Waals surface area contributed by atoms with Crippen molar-refractivity contribution >= 4 is 49.9 Å². The van der Waals surface area contributed by atoms with E-state index in [9.17, 15) is 9.90 Å². The Morgan fingerprint density at radius 3 is 1.86 bits per heavy atom. The number of rotatable bonds is 10. The number of carbonyl (C=O) groups is 1. The zero-order valence-electron chi connectivity index (χ0n) is 38.3. The molecule has 0 bridgehead atoms. The Bertz CT molecular complexity index is 2310. The van der Waals surface area contributed by atoms with Gasteiger partial charge >= 0.3 is 0 Å². The maximum absolute atomic E-state index is 12.2. The summed E-state index contributed by atoms with van der Waals surface area (Å²) in [6, 6.07) is 22.3. The quantitative estimate of drug-likeness (QED) is 0.0643. The molecule has 2 heterocycles.